The third kappa shape index (κ3) is 4.61. The van der Waals surface area contributed by atoms with Crippen molar-refractivity contribution in [2.45, 2.75) is 6.04 Å². The molecule has 0 aliphatic rings. The Bertz CT molecular complexity index is 1030. The van der Waals surface area contributed by atoms with Crippen LogP contribution in [0.2, 0.25) is 0 Å². The summed E-state index contributed by atoms with van der Waals surface area (Å²) in [6.07, 6.45) is 1.44. The number of hydrogen-bond acceptors (Lipinski definition) is 3. The number of hydrogen-bond donors (Lipinski definition) is 1. The smallest absolute Gasteiger partial charge is 0.255 e. The molecule has 27 heavy (non-hydrogen) atoms. The van der Waals surface area contributed by atoms with Crippen molar-refractivity contribution in [3.63, 3.8) is 0 Å². The first-order chi connectivity index (χ1) is 13.0. The van der Waals surface area contributed by atoms with Gasteiger partial charge in [0.1, 0.15) is 0 Å². The highest BCUT2D eigenvalue weighted by molar-refractivity contribution is 9.10. The van der Waals surface area contributed by atoms with Crippen LogP contribution in [0.3, 0.4) is 0 Å². The number of rotatable bonds is 5. The maximum Gasteiger partial charge on any atom is 0.255 e. The summed E-state index contributed by atoms with van der Waals surface area (Å²) in [5.41, 5.74) is 0.425. The van der Waals surface area contributed by atoms with Crippen LogP contribution in [0.25, 0.3) is 0 Å². The highest BCUT2D eigenvalue weighted by Crippen LogP contribution is 2.20. The summed E-state index contributed by atoms with van der Waals surface area (Å²) in [7, 11) is 0. The molecule has 1 heterocycles. The van der Waals surface area contributed by atoms with E-state index in [4.69, 9.17) is 0 Å². The topological polar surface area (TPSA) is 68.2 Å². The summed E-state index contributed by atoms with van der Waals surface area (Å²) in [5.74, 6) is -1.06. The van der Waals surface area contributed by atoms with Gasteiger partial charge in [-0.25, -0.2) is 0 Å². The fourth-order valence-corrected chi connectivity index (χ4v) is 3.17. The Balaban J connectivity index is 2.04. The molecule has 3 aromatic rings. The summed E-state index contributed by atoms with van der Waals surface area (Å²) in [4.78, 5) is 38.4. The van der Waals surface area contributed by atoms with Crippen LogP contribution in [0.15, 0.2) is 86.7 Å². The minimum Gasteiger partial charge on any atom is -0.324 e. The molecule has 1 atom stereocenters. The summed E-state index contributed by atoms with van der Waals surface area (Å²) in [6, 6.07) is 17.0. The monoisotopic (exact) mass is 488 g/mol. The third-order valence-corrected chi connectivity index (χ3v) is 4.84. The van der Waals surface area contributed by atoms with Crippen LogP contribution in [0.4, 0.5) is 5.69 Å². The standard InChI is InChI=1S/C20H14Br2N2O3/c21-14-8-6-13(7-9-14)19(26)18(24-12-15(22)10-11-17(24)25)20(27)23-16-4-2-1-3-5-16/h1-12,18H,(H,23,27). The Kier molecular flexibility index (Phi) is 6.03. The van der Waals surface area contributed by atoms with E-state index in [0.29, 0.717) is 15.7 Å². The molecule has 0 saturated carbocycles. The predicted octanol–water partition coefficient (Wildman–Crippen LogP) is 4.44. The van der Waals surface area contributed by atoms with Crippen LogP contribution in [0.1, 0.15) is 16.4 Å². The molecule has 0 saturated heterocycles. The second-order valence-electron chi connectivity index (χ2n) is 5.72. The molecule has 0 aliphatic carbocycles. The van der Waals surface area contributed by atoms with Crippen LogP contribution in [0.5, 0.6) is 0 Å². The van der Waals surface area contributed by atoms with Crippen LogP contribution in [-0.4, -0.2) is 16.3 Å². The number of nitrogens with one attached hydrogen (secondary N) is 1. The molecule has 0 spiro atoms. The van der Waals surface area contributed by atoms with Crippen LogP contribution >= 0.6 is 31.9 Å². The van der Waals surface area contributed by atoms with E-state index < -0.39 is 23.3 Å². The summed E-state index contributed by atoms with van der Waals surface area (Å²) in [5, 5.41) is 2.71. The Morgan fingerprint density at radius 3 is 2.15 bits per heavy atom. The number of carbonyl (C=O) groups excluding carboxylic acids is 2. The fourth-order valence-electron chi connectivity index (χ4n) is 2.55. The molecule has 0 radical (unpaired) electrons. The lowest BCUT2D eigenvalue weighted by Crippen LogP contribution is -2.38. The SMILES string of the molecule is O=C(Nc1ccccc1)C(C(=O)c1ccc(Br)cc1)n1cc(Br)ccc1=O. The number of amides is 1. The number of pyridine rings is 1. The fraction of sp³-hybridized carbons (Fsp3) is 0.0500. The van der Waals surface area contributed by atoms with Crippen LogP contribution in [-0.2, 0) is 4.79 Å². The first-order valence-electron chi connectivity index (χ1n) is 7.99. The average molecular weight is 490 g/mol. The van der Waals surface area contributed by atoms with Gasteiger partial charge in [0, 0.05) is 32.5 Å². The molecule has 0 fully saturated rings. The van der Waals surface area contributed by atoms with Gasteiger partial charge < -0.3 is 5.32 Å². The maximum atomic E-state index is 13.1. The van der Waals surface area contributed by atoms with Gasteiger partial charge in [0.05, 0.1) is 0 Å². The molecule has 3 rings (SSSR count). The van der Waals surface area contributed by atoms with E-state index in [1.165, 1.54) is 12.3 Å². The number of Topliss-reactive ketones (excluding diaryl/α,β-unsaturated/α-hetero) is 1. The zero-order chi connectivity index (χ0) is 19.4. The van der Waals surface area contributed by atoms with Gasteiger partial charge >= 0.3 is 0 Å². The number of para-hydroxylation sites is 1. The number of halogens is 2. The van der Waals surface area contributed by atoms with E-state index in [1.807, 2.05) is 6.07 Å². The largest absolute Gasteiger partial charge is 0.324 e. The quantitative estimate of drug-likeness (QED) is 0.425. The lowest BCUT2D eigenvalue weighted by atomic mass is 10.0. The second kappa shape index (κ2) is 8.45. The van der Waals surface area contributed by atoms with Gasteiger partial charge in [-0.1, -0.05) is 46.3 Å². The number of carbonyl (C=O) groups is 2. The Hall–Kier alpha value is -2.51. The molecular weight excluding hydrogens is 476 g/mol. The molecular formula is C20H14Br2N2O3. The van der Waals surface area contributed by atoms with E-state index in [1.54, 1.807) is 54.6 Å². The molecule has 1 N–H and O–H groups in total. The normalized spacial score (nSPS) is 11.6. The highest BCUT2D eigenvalue weighted by Gasteiger charge is 2.30. The van der Waals surface area contributed by atoms with E-state index in [0.717, 1.165) is 9.04 Å². The van der Waals surface area contributed by atoms with Crippen LogP contribution in [0, 0.1) is 0 Å². The first-order valence-corrected chi connectivity index (χ1v) is 9.58. The van der Waals surface area contributed by atoms with Crippen molar-refractivity contribution >= 4 is 49.2 Å². The Morgan fingerprint density at radius 2 is 1.48 bits per heavy atom. The van der Waals surface area contributed by atoms with Gasteiger partial charge in [-0.05, 0) is 46.3 Å². The molecule has 2 aromatic carbocycles. The Morgan fingerprint density at radius 1 is 0.852 bits per heavy atom. The van der Waals surface area contributed by atoms with Gasteiger partial charge in [0.25, 0.3) is 11.5 Å². The van der Waals surface area contributed by atoms with E-state index in [-0.39, 0.29) is 0 Å². The van der Waals surface area contributed by atoms with Crippen molar-refractivity contribution in [1.82, 2.24) is 4.57 Å². The van der Waals surface area contributed by atoms with Gasteiger partial charge in [0.15, 0.2) is 11.8 Å². The van der Waals surface area contributed by atoms with Gasteiger partial charge in [-0.2, -0.15) is 0 Å². The summed E-state index contributed by atoms with van der Waals surface area (Å²) >= 11 is 6.61. The molecule has 0 aliphatic heterocycles. The van der Waals surface area contributed by atoms with E-state index >= 15 is 0 Å². The molecule has 136 valence electrons. The van der Waals surface area contributed by atoms with E-state index in [2.05, 4.69) is 37.2 Å². The van der Waals surface area contributed by atoms with E-state index in [9.17, 15) is 14.4 Å². The molecule has 0 bridgehead atoms. The van der Waals surface area contributed by atoms with Crippen LogP contribution < -0.4 is 10.9 Å². The number of aromatic nitrogens is 1. The van der Waals surface area contributed by atoms with Crippen molar-refractivity contribution < 1.29 is 9.59 Å². The first kappa shape index (κ1) is 19.3. The Labute approximate surface area is 172 Å². The number of nitrogens with zero attached hydrogens (tertiary/aromatic N) is 1. The number of benzene rings is 2. The molecule has 1 amide bonds. The van der Waals surface area contributed by atoms with Crippen molar-refractivity contribution in [2.75, 3.05) is 5.32 Å². The second-order valence-corrected chi connectivity index (χ2v) is 7.55. The number of ketones is 1. The van der Waals surface area contributed by atoms with Crippen molar-refractivity contribution in [2.24, 2.45) is 0 Å². The molecule has 7 heteroatoms. The van der Waals surface area contributed by atoms with Gasteiger partial charge in [-0.3, -0.25) is 19.0 Å². The van der Waals surface area contributed by atoms with Crippen molar-refractivity contribution in [3.8, 4) is 0 Å². The van der Waals surface area contributed by atoms with Crippen molar-refractivity contribution in [3.05, 3.63) is 97.8 Å². The van der Waals surface area contributed by atoms with Gasteiger partial charge in [0.2, 0.25) is 0 Å². The average Bonchev–Trinajstić information content (AvgIpc) is 2.66. The summed E-state index contributed by atoms with van der Waals surface area (Å²) < 4.78 is 2.53. The lowest BCUT2D eigenvalue weighted by Gasteiger charge is -2.19. The molecule has 1 unspecified atom stereocenters. The minimum atomic E-state index is -1.34. The van der Waals surface area contributed by atoms with Gasteiger partial charge in [-0.15, -0.1) is 0 Å². The molecule has 1 aromatic heterocycles. The maximum absolute atomic E-state index is 13.1. The lowest BCUT2D eigenvalue weighted by molar-refractivity contribution is -0.118. The summed E-state index contributed by atoms with van der Waals surface area (Å²) in [6.45, 7) is 0. The molecule has 5 nitrogen and oxygen atoms in total. The van der Waals surface area contributed by atoms with Crippen molar-refractivity contribution in [1.29, 1.82) is 0 Å². The third-order valence-electron chi connectivity index (χ3n) is 3.85. The predicted molar refractivity (Wildman–Crippen MR) is 111 cm³/mol. The zero-order valence-corrected chi connectivity index (χ0v) is 17.1. The zero-order valence-electron chi connectivity index (χ0n) is 13.9. The highest BCUT2D eigenvalue weighted by atomic mass is 79.9. The minimum absolute atomic E-state index is 0.332. The number of anilines is 1.